The fourth-order valence-electron chi connectivity index (χ4n) is 2.67. The molecule has 7 heteroatoms. The number of benzene rings is 2. The summed E-state index contributed by atoms with van der Waals surface area (Å²) in [4.78, 5) is 16.0. The van der Waals surface area contributed by atoms with Crippen molar-refractivity contribution >= 4 is 23.2 Å². The average molecular weight is 397 g/mol. The van der Waals surface area contributed by atoms with Crippen molar-refractivity contribution in [2.24, 2.45) is 0 Å². The number of carbonyl (C=O) groups excluding carboxylic acids is 1. The first-order valence-electron chi connectivity index (χ1n) is 9.35. The minimum atomic E-state index is -0.288. The van der Waals surface area contributed by atoms with Crippen LogP contribution in [0.5, 0.6) is 5.75 Å². The number of carbonyl (C=O) groups is 1. The summed E-state index contributed by atoms with van der Waals surface area (Å²) in [6, 6.07) is 24.4. The third-order valence-electron chi connectivity index (χ3n) is 4.20. The van der Waals surface area contributed by atoms with Crippen LogP contribution < -0.4 is 15.4 Å². The van der Waals surface area contributed by atoms with Crippen LogP contribution in [0, 0.1) is 0 Å². The maximum absolute atomic E-state index is 12.1. The van der Waals surface area contributed by atoms with Gasteiger partial charge in [0.05, 0.1) is 5.56 Å². The number of amides is 1. The lowest BCUT2D eigenvalue weighted by molar-refractivity contribution is 0.102. The van der Waals surface area contributed by atoms with Gasteiger partial charge in [0, 0.05) is 18.1 Å². The van der Waals surface area contributed by atoms with Gasteiger partial charge in [-0.3, -0.25) is 9.78 Å². The monoisotopic (exact) mass is 397 g/mol. The first-order valence-corrected chi connectivity index (χ1v) is 9.35. The van der Waals surface area contributed by atoms with E-state index < -0.39 is 0 Å². The highest BCUT2D eigenvalue weighted by molar-refractivity contribution is 6.03. The second-order valence-corrected chi connectivity index (χ2v) is 6.42. The highest BCUT2D eigenvalue weighted by atomic mass is 16.5. The van der Waals surface area contributed by atoms with Gasteiger partial charge in [0.2, 0.25) is 0 Å². The molecule has 7 nitrogen and oxygen atoms in total. The van der Waals surface area contributed by atoms with Crippen LogP contribution in [0.25, 0.3) is 0 Å². The van der Waals surface area contributed by atoms with E-state index in [1.165, 1.54) is 6.20 Å². The fraction of sp³-hybridized carbons (Fsp3) is 0.0435. The van der Waals surface area contributed by atoms with Crippen LogP contribution in [0.3, 0.4) is 0 Å². The van der Waals surface area contributed by atoms with Crippen molar-refractivity contribution in [3.63, 3.8) is 0 Å². The van der Waals surface area contributed by atoms with Crippen molar-refractivity contribution in [3.05, 3.63) is 102 Å². The maximum atomic E-state index is 12.1. The number of rotatable bonds is 7. The van der Waals surface area contributed by atoms with E-state index in [-0.39, 0.29) is 5.91 Å². The minimum absolute atomic E-state index is 0.288. The van der Waals surface area contributed by atoms with Crippen molar-refractivity contribution in [2.75, 3.05) is 10.6 Å². The van der Waals surface area contributed by atoms with E-state index in [2.05, 4.69) is 25.8 Å². The summed E-state index contributed by atoms with van der Waals surface area (Å²) in [5.74, 6) is 1.42. The van der Waals surface area contributed by atoms with E-state index in [0.717, 1.165) is 17.0 Å². The normalized spacial score (nSPS) is 10.3. The van der Waals surface area contributed by atoms with Crippen molar-refractivity contribution in [2.45, 2.75) is 6.61 Å². The summed E-state index contributed by atoms with van der Waals surface area (Å²) in [6.07, 6.45) is 3.10. The van der Waals surface area contributed by atoms with E-state index in [9.17, 15) is 4.79 Å². The Bertz CT molecular complexity index is 1090. The smallest absolute Gasteiger partial charge is 0.258 e. The molecule has 2 aromatic carbocycles. The number of ether oxygens (including phenoxy) is 1. The van der Waals surface area contributed by atoms with Gasteiger partial charge in [-0.15, -0.1) is 10.2 Å². The lowest BCUT2D eigenvalue weighted by Gasteiger charge is -2.09. The zero-order valence-electron chi connectivity index (χ0n) is 16.0. The number of hydrogen-bond donors (Lipinski definition) is 2. The van der Waals surface area contributed by atoms with Gasteiger partial charge in [0.25, 0.3) is 5.91 Å². The molecule has 0 saturated carbocycles. The molecule has 0 spiro atoms. The summed E-state index contributed by atoms with van der Waals surface area (Å²) in [5.41, 5.74) is 2.42. The minimum Gasteiger partial charge on any atom is -0.489 e. The molecule has 2 heterocycles. The predicted molar refractivity (Wildman–Crippen MR) is 115 cm³/mol. The van der Waals surface area contributed by atoms with E-state index in [1.54, 1.807) is 30.5 Å². The summed E-state index contributed by atoms with van der Waals surface area (Å²) < 4.78 is 5.79. The molecule has 0 bridgehead atoms. The molecule has 1 amide bonds. The highest BCUT2D eigenvalue weighted by Crippen LogP contribution is 2.20. The Kier molecular flexibility index (Phi) is 5.91. The van der Waals surface area contributed by atoms with Gasteiger partial charge in [-0.1, -0.05) is 30.3 Å². The summed E-state index contributed by atoms with van der Waals surface area (Å²) in [5, 5.41) is 14.0. The zero-order valence-corrected chi connectivity index (χ0v) is 16.0. The number of nitrogens with zero attached hydrogens (tertiary/aromatic N) is 3. The predicted octanol–water partition coefficient (Wildman–Crippen LogP) is 4.45. The molecule has 148 valence electrons. The topological polar surface area (TPSA) is 89.0 Å². The second-order valence-electron chi connectivity index (χ2n) is 6.42. The molecular formula is C23H19N5O2. The average Bonchev–Trinajstić information content (AvgIpc) is 2.81. The number of aromatic nitrogens is 3. The van der Waals surface area contributed by atoms with Crippen LogP contribution in [0.1, 0.15) is 15.9 Å². The Morgan fingerprint density at radius 3 is 2.30 bits per heavy atom. The molecule has 0 fully saturated rings. The Labute approximate surface area is 173 Å². The first-order chi connectivity index (χ1) is 14.8. The first kappa shape index (κ1) is 19.1. The molecule has 30 heavy (non-hydrogen) atoms. The summed E-state index contributed by atoms with van der Waals surface area (Å²) in [7, 11) is 0. The lowest BCUT2D eigenvalue weighted by Crippen LogP contribution is -2.13. The van der Waals surface area contributed by atoms with Crippen LogP contribution in [-0.4, -0.2) is 21.1 Å². The van der Waals surface area contributed by atoms with Gasteiger partial charge < -0.3 is 15.4 Å². The van der Waals surface area contributed by atoms with Crippen LogP contribution in [0.4, 0.5) is 17.3 Å². The van der Waals surface area contributed by atoms with Crippen LogP contribution in [0.15, 0.2) is 91.3 Å². The Balaban J connectivity index is 1.31. The molecule has 4 rings (SSSR count). The molecule has 2 aromatic heterocycles. The van der Waals surface area contributed by atoms with E-state index in [0.29, 0.717) is 23.8 Å². The summed E-state index contributed by atoms with van der Waals surface area (Å²) in [6.45, 7) is 0.519. The lowest BCUT2D eigenvalue weighted by atomic mass is 10.2. The van der Waals surface area contributed by atoms with E-state index in [1.807, 2.05) is 54.6 Å². The number of pyridine rings is 1. The second kappa shape index (κ2) is 9.29. The van der Waals surface area contributed by atoms with Gasteiger partial charge >= 0.3 is 0 Å². The molecule has 0 atom stereocenters. The highest BCUT2D eigenvalue weighted by Gasteiger charge is 2.07. The van der Waals surface area contributed by atoms with Crippen LogP contribution >= 0.6 is 0 Å². The van der Waals surface area contributed by atoms with Crippen LogP contribution in [-0.2, 0) is 6.61 Å². The zero-order chi connectivity index (χ0) is 20.6. The van der Waals surface area contributed by atoms with Gasteiger partial charge in [0.15, 0.2) is 11.6 Å². The molecule has 0 radical (unpaired) electrons. The largest absolute Gasteiger partial charge is 0.489 e. The van der Waals surface area contributed by atoms with Gasteiger partial charge in [-0.05, 0) is 54.1 Å². The van der Waals surface area contributed by atoms with Crippen molar-refractivity contribution in [1.82, 2.24) is 15.2 Å². The Morgan fingerprint density at radius 1 is 0.833 bits per heavy atom. The fourth-order valence-corrected chi connectivity index (χ4v) is 2.67. The molecule has 0 unspecified atom stereocenters. The van der Waals surface area contributed by atoms with Crippen molar-refractivity contribution in [1.29, 1.82) is 0 Å². The summed E-state index contributed by atoms with van der Waals surface area (Å²) >= 11 is 0. The third kappa shape index (κ3) is 5.17. The molecule has 0 saturated heterocycles. The van der Waals surface area contributed by atoms with Crippen molar-refractivity contribution < 1.29 is 9.53 Å². The Hall–Kier alpha value is -4.26. The third-order valence-corrected chi connectivity index (χ3v) is 4.20. The number of hydrogen-bond acceptors (Lipinski definition) is 6. The SMILES string of the molecule is O=C(Nc1ccc(Nc2ccc(OCc3ccccc3)cc2)nn1)c1cccnc1. The Morgan fingerprint density at radius 2 is 1.60 bits per heavy atom. The molecular weight excluding hydrogens is 378 g/mol. The van der Waals surface area contributed by atoms with E-state index >= 15 is 0 Å². The number of nitrogens with one attached hydrogen (secondary N) is 2. The molecule has 4 aromatic rings. The van der Waals surface area contributed by atoms with E-state index in [4.69, 9.17) is 4.74 Å². The quantitative estimate of drug-likeness (QED) is 0.479. The van der Waals surface area contributed by atoms with Gasteiger partial charge in [-0.25, -0.2) is 0 Å². The number of anilines is 3. The molecule has 0 aliphatic heterocycles. The van der Waals surface area contributed by atoms with Gasteiger partial charge in [-0.2, -0.15) is 0 Å². The molecule has 2 N–H and O–H groups in total. The van der Waals surface area contributed by atoms with Crippen molar-refractivity contribution in [3.8, 4) is 5.75 Å². The van der Waals surface area contributed by atoms with Gasteiger partial charge in [0.1, 0.15) is 12.4 Å². The molecule has 0 aliphatic rings. The van der Waals surface area contributed by atoms with Crippen LogP contribution in [0.2, 0.25) is 0 Å². The maximum Gasteiger partial charge on any atom is 0.258 e. The molecule has 0 aliphatic carbocycles. The standard InChI is InChI=1S/C23H19N5O2/c29-23(18-7-4-14-24-15-18)26-22-13-12-21(27-28-22)25-19-8-10-20(11-9-19)30-16-17-5-2-1-3-6-17/h1-15H,16H2,(H,25,27)(H,26,28,29).